The second-order valence-electron chi connectivity index (χ2n) is 6.58. The summed E-state index contributed by atoms with van der Waals surface area (Å²) in [5.74, 6) is 0.328. The number of Topliss-reactive ketones (excluding diaryl/α,β-unsaturated/α-hetero) is 1. The van der Waals surface area contributed by atoms with Crippen LogP contribution in [0.25, 0.3) is 0 Å². The van der Waals surface area contributed by atoms with E-state index in [9.17, 15) is 4.79 Å². The van der Waals surface area contributed by atoms with E-state index in [1.54, 1.807) is 0 Å². The number of fused-ring (bicyclic) bond motifs is 1. The Balaban J connectivity index is 1.98. The third kappa shape index (κ3) is 2.33. The van der Waals surface area contributed by atoms with Gasteiger partial charge >= 0.3 is 0 Å². The highest BCUT2D eigenvalue weighted by Crippen LogP contribution is 2.46. The Hall–Kier alpha value is -1.83. The molecule has 2 heteroatoms. The number of carbonyl (C=O) groups is 1. The molecule has 0 N–H and O–H groups in total. The Bertz CT molecular complexity index is 637. The quantitative estimate of drug-likeness (QED) is 0.713. The van der Waals surface area contributed by atoms with E-state index < -0.39 is 0 Å². The lowest BCUT2D eigenvalue weighted by atomic mass is 9.83. The van der Waals surface area contributed by atoms with Gasteiger partial charge in [-0.3, -0.25) is 4.79 Å². The highest BCUT2D eigenvalue weighted by Gasteiger charge is 2.37. The summed E-state index contributed by atoms with van der Waals surface area (Å²) in [6.45, 7) is 4.50. The standard InChI is InChI=1S/C19H23NO/c1-19(2)15-9-5-6-10-16(15)20(3)18(19)13-12-14-8-4-7-11-17(14)21/h5-6,9-10,12-13H,4,7-8,11H2,1-3H3/b14-12+,18-13-. The summed E-state index contributed by atoms with van der Waals surface area (Å²) in [5, 5.41) is 0. The van der Waals surface area contributed by atoms with Crippen molar-refractivity contribution in [3.8, 4) is 0 Å². The molecule has 0 saturated heterocycles. The lowest BCUT2D eigenvalue weighted by Crippen LogP contribution is -2.22. The van der Waals surface area contributed by atoms with Crippen LogP contribution in [0.3, 0.4) is 0 Å². The van der Waals surface area contributed by atoms with Gasteiger partial charge in [0.25, 0.3) is 0 Å². The molecule has 1 aliphatic heterocycles. The second kappa shape index (κ2) is 5.18. The maximum absolute atomic E-state index is 11.9. The number of ketones is 1. The highest BCUT2D eigenvalue weighted by atomic mass is 16.1. The molecular formula is C19H23NO. The first-order valence-corrected chi connectivity index (χ1v) is 7.79. The third-order valence-corrected chi connectivity index (χ3v) is 4.84. The fourth-order valence-electron chi connectivity index (χ4n) is 3.56. The number of benzene rings is 1. The monoisotopic (exact) mass is 281 g/mol. The van der Waals surface area contributed by atoms with E-state index in [4.69, 9.17) is 0 Å². The molecule has 0 bridgehead atoms. The van der Waals surface area contributed by atoms with E-state index in [1.807, 2.05) is 0 Å². The van der Waals surface area contributed by atoms with Gasteiger partial charge in [-0.25, -0.2) is 0 Å². The zero-order valence-electron chi connectivity index (χ0n) is 13.1. The molecule has 0 unspecified atom stereocenters. The SMILES string of the molecule is CN1/C(=C\C=C2/CCCCC2=O)C(C)(C)c2ccccc21. The summed E-state index contributed by atoms with van der Waals surface area (Å²) >= 11 is 0. The molecule has 2 nitrogen and oxygen atoms in total. The molecule has 0 amide bonds. The Morgan fingerprint density at radius 2 is 1.81 bits per heavy atom. The van der Waals surface area contributed by atoms with E-state index in [0.717, 1.165) is 24.8 Å². The first-order chi connectivity index (χ1) is 10.0. The number of nitrogens with zero attached hydrogens (tertiary/aromatic N) is 1. The van der Waals surface area contributed by atoms with E-state index >= 15 is 0 Å². The summed E-state index contributed by atoms with van der Waals surface area (Å²) in [5.41, 5.74) is 4.86. The largest absolute Gasteiger partial charge is 0.347 e. The van der Waals surface area contributed by atoms with Crippen molar-refractivity contribution in [1.29, 1.82) is 0 Å². The average Bonchev–Trinajstić information content (AvgIpc) is 2.67. The van der Waals surface area contributed by atoms with Gasteiger partial charge in [-0.15, -0.1) is 0 Å². The third-order valence-electron chi connectivity index (χ3n) is 4.84. The van der Waals surface area contributed by atoms with Gasteiger partial charge in [0, 0.05) is 30.3 Å². The predicted molar refractivity (Wildman–Crippen MR) is 87.5 cm³/mol. The molecule has 1 aliphatic carbocycles. The van der Waals surface area contributed by atoms with Crippen LogP contribution in [0, 0.1) is 0 Å². The van der Waals surface area contributed by atoms with E-state index in [0.29, 0.717) is 12.2 Å². The summed E-state index contributed by atoms with van der Waals surface area (Å²) in [6.07, 6.45) is 8.04. The smallest absolute Gasteiger partial charge is 0.158 e. The summed E-state index contributed by atoms with van der Waals surface area (Å²) in [6, 6.07) is 8.54. The molecule has 1 aromatic carbocycles. The number of carbonyl (C=O) groups excluding carboxylic acids is 1. The minimum Gasteiger partial charge on any atom is -0.347 e. The van der Waals surface area contributed by atoms with Gasteiger partial charge < -0.3 is 4.90 Å². The van der Waals surface area contributed by atoms with Gasteiger partial charge in [-0.1, -0.05) is 38.1 Å². The number of likely N-dealkylation sites (N-methyl/N-ethyl adjacent to an activating group) is 1. The highest BCUT2D eigenvalue weighted by molar-refractivity contribution is 5.96. The van der Waals surface area contributed by atoms with Crippen LogP contribution in [0.5, 0.6) is 0 Å². The molecule has 1 saturated carbocycles. The number of hydrogen-bond acceptors (Lipinski definition) is 2. The number of anilines is 1. The maximum atomic E-state index is 11.9. The molecular weight excluding hydrogens is 258 g/mol. The van der Waals surface area contributed by atoms with Crippen molar-refractivity contribution in [1.82, 2.24) is 0 Å². The summed E-state index contributed by atoms with van der Waals surface area (Å²) in [4.78, 5) is 14.2. The molecule has 3 rings (SSSR count). The lowest BCUT2D eigenvalue weighted by molar-refractivity contribution is -0.116. The Morgan fingerprint density at radius 1 is 1.10 bits per heavy atom. The fourth-order valence-corrected chi connectivity index (χ4v) is 3.56. The van der Waals surface area contributed by atoms with Crippen LogP contribution in [-0.4, -0.2) is 12.8 Å². The van der Waals surface area contributed by atoms with Gasteiger partial charge in [-0.2, -0.15) is 0 Å². The lowest BCUT2D eigenvalue weighted by Gasteiger charge is -2.24. The summed E-state index contributed by atoms with van der Waals surface area (Å²) < 4.78 is 0. The van der Waals surface area contributed by atoms with E-state index in [2.05, 4.69) is 62.2 Å². The Morgan fingerprint density at radius 3 is 2.52 bits per heavy atom. The van der Waals surface area contributed by atoms with Gasteiger partial charge in [-0.05, 0) is 42.5 Å². The first kappa shape index (κ1) is 14.1. The molecule has 1 fully saturated rings. The number of allylic oxidation sites excluding steroid dienone is 4. The van der Waals surface area contributed by atoms with E-state index in [1.165, 1.54) is 16.9 Å². The average molecular weight is 281 g/mol. The number of para-hydroxylation sites is 1. The molecule has 110 valence electrons. The number of hydrogen-bond donors (Lipinski definition) is 0. The number of rotatable bonds is 1. The van der Waals surface area contributed by atoms with Crippen molar-refractivity contribution in [2.45, 2.75) is 44.9 Å². The molecule has 2 aliphatic rings. The zero-order chi connectivity index (χ0) is 15.0. The Kier molecular flexibility index (Phi) is 3.48. The van der Waals surface area contributed by atoms with Crippen molar-refractivity contribution in [2.24, 2.45) is 0 Å². The fraction of sp³-hybridized carbons (Fsp3) is 0.421. The normalized spacial score (nSPS) is 24.7. The minimum absolute atomic E-state index is 0.0138. The van der Waals surface area contributed by atoms with Crippen molar-refractivity contribution in [3.05, 3.63) is 53.3 Å². The van der Waals surface area contributed by atoms with Crippen LogP contribution in [0.1, 0.15) is 45.1 Å². The van der Waals surface area contributed by atoms with Crippen LogP contribution in [-0.2, 0) is 10.2 Å². The summed E-state index contributed by atoms with van der Waals surface area (Å²) in [7, 11) is 2.11. The molecule has 21 heavy (non-hydrogen) atoms. The van der Waals surface area contributed by atoms with Crippen molar-refractivity contribution in [2.75, 3.05) is 11.9 Å². The van der Waals surface area contributed by atoms with Crippen molar-refractivity contribution < 1.29 is 4.79 Å². The topological polar surface area (TPSA) is 20.3 Å². The van der Waals surface area contributed by atoms with Gasteiger partial charge in [0.1, 0.15) is 0 Å². The molecule has 0 spiro atoms. The first-order valence-electron chi connectivity index (χ1n) is 7.79. The minimum atomic E-state index is -0.0138. The molecule has 1 aromatic rings. The second-order valence-corrected chi connectivity index (χ2v) is 6.58. The van der Waals surface area contributed by atoms with Crippen LogP contribution in [0.15, 0.2) is 47.7 Å². The van der Waals surface area contributed by atoms with Crippen LogP contribution >= 0.6 is 0 Å². The van der Waals surface area contributed by atoms with E-state index in [-0.39, 0.29) is 5.41 Å². The zero-order valence-corrected chi connectivity index (χ0v) is 13.1. The van der Waals surface area contributed by atoms with Crippen LogP contribution in [0.4, 0.5) is 5.69 Å². The van der Waals surface area contributed by atoms with Gasteiger partial charge in [0.15, 0.2) is 5.78 Å². The molecule has 0 aromatic heterocycles. The molecule has 0 radical (unpaired) electrons. The van der Waals surface area contributed by atoms with Gasteiger partial charge in [0.2, 0.25) is 0 Å². The van der Waals surface area contributed by atoms with Gasteiger partial charge in [0.05, 0.1) is 0 Å². The Labute approximate surface area is 127 Å². The molecule has 0 atom stereocenters. The van der Waals surface area contributed by atoms with Crippen LogP contribution < -0.4 is 4.90 Å². The van der Waals surface area contributed by atoms with Crippen molar-refractivity contribution in [3.63, 3.8) is 0 Å². The van der Waals surface area contributed by atoms with Crippen LogP contribution in [0.2, 0.25) is 0 Å². The maximum Gasteiger partial charge on any atom is 0.158 e. The van der Waals surface area contributed by atoms with Crippen molar-refractivity contribution >= 4 is 11.5 Å². The molecule has 1 heterocycles. The predicted octanol–water partition coefficient (Wildman–Crippen LogP) is 4.37.